The highest BCUT2D eigenvalue weighted by atomic mass is 31.1. The minimum atomic E-state index is -1.35. The first-order valence-electron chi connectivity index (χ1n) is 5.82. The first kappa shape index (κ1) is 15.5. The molecule has 4 nitrogen and oxygen atoms in total. The van der Waals surface area contributed by atoms with Crippen molar-refractivity contribution in [3.05, 3.63) is 0 Å². The molecule has 94 valence electrons. The predicted molar refractivity (Wildman–Crippen MR) is 64.0 cm³/mol. The van der Waals surface area contributed by atoms with Gasteiger partial charge < -0.3 is 9.47 Å². The van der Waals surface area contributed by atoms with E-state index in [0.29, 0.717) is 32.2 Å². The Hall–Kier alpha value is -0.470. The first-order valence-corrected chi connectivity index (χ1v) is 7.34. The highest BCUT2D eigenvalue weighted by Crippen LogP contribution is 2.29. The lowest BCUT2D eigenvalue weighted by Gasteiger charge is -2.03. The lowest BCUT2D eigenvalue weighted by molar-refractivity contribution is -0.143. The summed E-state index contributed by atoms with van der Waals surface area (Å²) in [6.45, 7) is 6.60. The third-order valence-electron chi connectivity index (χ3n) is 2.04. The molecule has 0 N–H and O–H groups in total. The highest BCUT2D eigenvalue weighted by Gasteiger charge is 2.25. The zero-order chi connectivity index (χ0) is 12.4. The molecule has 5 heteroatoms. The van der Waals surface area contributed by atoms with Gasteiger partial charge in [0.25, 0.3) is 5.85 Å². The lowest BCUT2D eigenvalue weighted by atomic mass is 10.5. The molecule has 0 rings (SSSR count). The van der Waals surface area contributed by atoms with E-state index in [1.54, 1.807) is 6.92 Å². The molecular formula is C11H22O4P+. The van der Waals surface area contributed by atoms with Gasteiger partial charge >= 0.3 is 13.8 Å². The van der Waals surface area contributed by atoms with E-state index < -0.39 is 7.80 Å². The molecule has 0 radical (unpaired) electrons. The molecule has 0 aromatic rings. The van der Waals surface area contributed by atoms with Gasteiger partial charge in [-0.2, -0.15) is 0 Å². The van der Waals surface area contributed by atoms with E-state index in [1.165, 1.54) is 0 Å². The van der Waals surface area contributed by atoms with E-state index in [2.05, 4.69) is 0 Å². The maximum atomic E-state index is 11.6. The third-order valence-corrected chi connectivity index (χ3v) is 3.76. The minimum Gasteiger partial charge on any atom is -0.466 e. The standard InChI is InChI=1S/C11H22O4P/c1-4-7-14-10(3)16(13)9-6-8-15-11(12)5-2/h10H,4-9H2,1-3H3/q+1. The van der Waals surface area contributed by atoms with Crippen molar-refractivity contribution in [2.45, 2.75) is 45.9 Å². The monoisotopic (exact) mass is 249 g/mol. The van der Waals surface area contributed by atoms with Crippen LogP contribution in [0.15, 0.2) is 0 Å². The molecule has 0 bridgehead atoms. The van der Waals surface area contributed by atoms with Crippen LogP contribution in [0.5, 0.6) is 0 Å². The van der Waals surface area contributed by atoms with Crippen LogP contribution in [-0.4, -0.2) is 31.2 Å². The molecule has 0 heterocycles. The Labute approximate surface area is 98.5 Å². The topological polar surface area (TPSA) is 52.6 Å². The summed E-state index contributed by atoms with van der Waals surface area (Å²) in [5.74, 6) is -0.401. The zero-order valence-electron chi connectivity index (χ0n) is 10.4. The maximum Gasteiger partial charge on any atom is 0.370 e. The van der Waals surface area contributed by atoms with E-state index >= 15 is 0 Å². The fourth-order valence-corrected chi connectivity index (χ4v) is 2.14. The smallest absolute Gasteiger partial charge is 0.370 e. The molecule has 2 unspecified atom stereocenters. The van der Waals surface area contributed by atoms with Gasteiger partial charge in [-0.1, -0.05) is 18.4 Å². The Kier molecular flexibility index (Phi) is 9.45. The summed E-state index contributed by atoms with van der Waals surface area (Å²) in [7, 11) is -1.35. The van der Waals surface area contributed by atoms with Crippen molar-refractivity contribution in [2.24, 2.45) is 0 Å². The van der Waals surface area contributed by atoms with Gasteiger partial charge in [0.1, 0.15) is 0 Å². The maximum absolute atomic E-state index is 11.6. The third kappa shape index (κ3) is 7.77. The SMILES string of the molecule is CCCOC(C)[P+](=O)CCCOC(=O)CC. The average molecular weight is 249 g/mol. The van der Waals surface area contributed by atoms with Crippen LogP contribution in [0.4, 0.5) is 0 Å². The molecular weight excluding hydrogens is 227 g/mol. The van der Waals surface area contributed by atoms with E-state index in [0.717, 1.165) is 6.42 Å². The predicted octanol–water partition coefficient (Wildman–Crippen LogP) is 2.93. The number of carbonyl (C=O) groups is 1. The van der Waals surface area contributed by atoms with Gasteiger partial charge in [0.05, 0.1) is 13.2 Å². The summed E-state index contributed by atoms with van der Waals surface area (Å²) < 4.78 is 21.9. The van der Waals surface area contributed by atoms with Crippen LogP contribution in [0.1, 0.15) is 40.0 Å². The average Bonchev–Trinajstić information content (AvgIpc) is 2.30. The normalized spacial score (nSPS) is 13.3. The molecule has 0 aliphatic rings. The first-order chi connectivity index (χ1) is 7.61. The van der Waals surface area contributed by atoms with Gasteiger partial charge in [-0.15, -0.1) is 0 Å². The lowest BCUT2D eigenvalue weighted by Crippen LogP contribution is -2.08. The van der Waals surface area contributed by atoms with Crippen LogP contribution < -0.4 is 0 Å². The van der Waals surface area contributed by atoms with Gasteiger partial charge in [0, 0.05) is 19.8 Å². The summed E-state index contributed by atoms with van der Waals surface area (Å²) in [4.78, 5) is 10.8. The van der Waals surface area contributed by atoms with Gasteiger partial charge in [-0.05, 0) is 6.42 Å². The second kappa shape index (κ2) is 9.73. The van der Waals surface area contributed by atoms with Gasteiger partial charge in [0.15, 0.2) is 6.16 Å². The fraction of sp³-hybridized carbons (Fsp3) is 0.909. The summed E-state index contributed by atoms with van der Waals surface area (Å²) in [6.07, 6.45) is 2.52. The molecule has 0 aromatic carbocycles. The summed E-state index contributed by atoms with van der Waals surface area (Å²) in [5.41, 5.74) is 0. The minimum absolute atomic E-state index is 0.197. The summed E-state index contributed by atoms with van der Waals surface area (Å²) >= 11 is 0. The van der Waals surface area contributed by atoms with E-state index in [9.17, 15) is 9.36 Å². The van der Waals surface area contributed by atoms with Gasteiger partial charge in [0.2, 0.25) is 0 Å². The molecule has 0 aliphatic carbocycles. The molecule has 0 fully saturated rings. The Morgan fingerprint density at radius 1 is 1.31 bits per heavy atom. The van der Waals surface area contributed by atoms with Crippen molar-refractivity contribution >= 4 is 13.8 Å². The molecule has 0 aromatic heterocycles. The fourth-order valence-electron chi connectivity index (χ4n) is 1.06. The summed E-state index contributed by atoms with van der Waals surface area (Å²) in [5, 5.41) is 0. The molecule has 0 spiro atoms. The largest absolute Gasteiger partial charge is 0.466 e. The number of hydrogen-bond acceptors (Lipinski definition) is 4. The molecule has 0 amide bonds. The quantitative estimate of drug-likeness (QED) is 0.358. The van der Waals surface area contributed by atoms with E-state index in [1.807, 2.05) is 13.8 Å². The second-order valence-corrected chi connectivity index (χ2v) is 5.55. The van der Waals surface area contributed by atoms with Crippen molar-refractivity contribution in [3.8, 4) is 0 Å². The van der Waals surface area contributed by atoms with Crippen LogP contribution in [-0.2, 0) is 18.8 Å². The molecule has 16 heavy (non-hydrogen) atoms. The van der Waals surface area contributed by atoms with Crippen molar-refractivity contribution in [2.75, 3.05) is 19.4 Å². The zero-order valence-corrected chi connectivity index (χ0v) is 11.3. The number of esters is 1. The Morgan fingerprint density at radius 2 is 2.00 bits per heavy atom. The highest BCUT2D eigenvalue weighted by molar-refractivity contribution is 7.45. The van der Waals surface area contributed by atoms with Crippen molar-refractivity contribution in [3.63, 3.8) is 0 Å². The van der Waals surface area contributed by atoms with E-state index in [-0.39, 0.29) is 11.8 Å². The van der Waals surface area contributed by atoms with Crippen LogP contribution in [0.2, 0.25) is 0 Å². The van der Waals surface area contributed by atoms with Crippen LogP contribution in [0, 0.1) is 0 Å². The molecule has 0 aliphatic heterocycles. The van der Waals surface area contributed by atoms with Gasteiger partial charge in [-0.3, -0.25) is 4.79 Å². The van der Waals surface area contributed by atoms with Crippen molar-refractivity contribution in [1.29, 1.82) is 0 Å². The molecule has 2 atom stereocenters. The second-order valence-electron chi connectivity index (χ2n) is 3.54. The number of rotatable bonds is 9. The van der Waals surface area contributed by atoms with Crippen LogP contribution in [0.3, 0.4) is 0 Å². The van der Waals surface area contributed by atoms with Crippen LogP contribution in [0.25, 0.3) is 0 Å². The molecule has 0 saturated heterocycles. The van der Waals surface area contributed by atoms with Crippen molar-refractivity contribution < 1.29 is 18.8 Å². The molecule has 0 saturated carbocycles. The van der Waals surface area contributed by atoms with Crippen LogP contribution >= 0.6 is 7.80 Å². The number of ether oxygens (including phenoxy) is 2. The van der Waals surface area contributed by atoms with Crippen molar-refractivity contribution in [1.82, 2.24) is 0 Å². The van der Waals surface area contributed by atoms with Gasteiger partial charge in [-0.25, -0.2) is 0 Å². The number of carbonyl (C=O) groups excluding carboxylic acids is 1. The summed E-state index contributed by atoms with van der Waals surface area (Å²) in [6, 6.07) is 0. The Morgan fingerprint density at radius 3 is 2.56 bits per heavy atom. The Bertz CT molecular complexity index is 218. The Balaban J connectivity index is 3.53. The van der Waals surface area contributed by atoms with E-state index in [4.69, 9.17) is 9.47 Å². The number of hydrogen-bond donors (Lipinski definition) is 0.